The molecule has 0 fully saturated rings. The Hall–Kier alpha value is -2.58. The van der Waals surface area contributed by atoms with Gasteiger partial charge in [0.1, 0.15) is 0 Å². The van der Waals surface area contributed by atoms with E-state index in [1.54, 1.807) is 0 Å². The van der Waals surface area contributed by atoms with Gasteiger partial charge in [-0.1, -0.05) is 6.58 Å². The number of rotatable bonds is 12. The van der Waals surface area contributed by atoms with E-state index in [0.717, 1.165) is 4.74 Å². The normalized spacial score (nSPS) is 17.3. The summed E-state index contributed by atoms with van der Waals surface area (Å²) in [7, 11) is 0. The van der Waals surface area contributed by atoms with Crippen molar-refractivity contribution in [2.24, 2.45) is 0 Å². The molecule has 28 heteroatoms. The van der Waals surface area contributed by atoms with E-state index in [1.165, 1.54) is 0 Å². The third kappa shape index (κ3) is 5.55. The smallest absolute Gasteiger partial charge is 0.393 e. The predicted octanol–water partition coefficient (Wildman–Crippen LogP) is 8.55. The second kappa shape index (κ2) is 10.5. The molecule has 262 valence electrons. The summed E-state index contributed by atoms with van der Waals surface area (Å²) in [5.74, 6) is -77.7. The first-order valence-electron chi connectivity index (χ1n) is 9.35. The van der Waals surface area contributed by atoms with Crippen molar-refractivity contribution < 1.29 is 124 Å². The zero-order valence-electron chi connectivity index (χ0n) is 19.4. The summed E-state index contributed by atoms with van der Waals surface area (Å²) in [6.07, 6.45) is -32.3. The van der Waals surface area contributed by atoms with Crippen molar-refractivity contribution >= 4 is 5.97 Å². The van der Waals surface area contributed by atoms with Crippen LogP contribution in [0.15, 0.2) is 12.2 Å². The van der Waals surface area contributed by atoms with Gasteiger partial charge < -0.3 is 4.74 Å². The lowest BCUT2D eigenvalue weighted by molar-refractivity contribution is -0.537. The SMILES string of the molecule is C=C(C)C(=O)OC(F)(F)C(F)(OC(F)(F)C(F)(F)F)C(F)(F)C(F)(F)C(F)(F)C(F)(F)C(F)(F)C(F)(F)C(F)(F)C(F)(F)F. The Kier molecular flexibility index (Phi) is 9.86. The maximum atomic E-state index is 14.6. The first-order valence-corrected chi connectivity index (χ1v) is 9.35. The highest BCUT2D eigenvalue weighted by molar-refractivity contribution is 5.87. The van der Waals surface area contributed by atoms with Gasteiger partial charge in [-0.25, -0.2) is 4.79 Å². The highest BCUT2D eigenvalue weighted by Gasteiger charge is 2.99. The van der Waals surface area contributed by atoms with Crippen molar-refractivity contribution in [2.45, 2.75) is 78.8 Å². The fourth-order valence-electron chi connectivity index (χ4n) is 2.18. The van der Waals surface area contributed by atoms with Crippen LogP contribution < -0.4 is 0 Å². The van der Waals surface area contributed by atoms with E-state index in [2.05, 4.69) is 11.3 Å². The Morgan fingerprint density at radius 1 is 0.432 bits per heavy atom. The number of hydrogen-bond acceptors (Lipinski definition) is 3. The van der Waals surface area contributed by atoms with E-state index in [-0.39, 0.29) is 6.92 Å². The average Bonchev–Trinajstić information content (AvgIpc) is 2.75. The molecule has 0 heterocycles. The molecule has 0 aromatic heterocycles. The Labute approximate surface area is 222 Å². The molecular formula is C16H5F25O3. The standard InChI is InChI=1S/C16H5F25O3/c1-3(2)4(42)43-15(38,39)12(31,44-16(40,41)14(35,36)37)10(27,28)8(23,24)6(19,20)5(17,18)7(21,22)9(25,26)11(29,30)13(32,33)34/h1H2,2H3. The van der Waals surface area contributed by atoms with Crippen molar-refractivity contribution in [1.29, 1.82) is 0 Å². The predicted molar refractivity (Wildman–Crippen MR) is 82.5 cm³/mol. The van der Waals surface area contributed by atoms with Gasteiger partial charge in [0.25, 0.3) is 0 Å². The molecule has 0 bridgehead atoms. The van der Waals surface area contributed by atoms with E-state index in [0.29, 0.717) is 0 Å². The molecule has 44 heavy (non-hydrogen) atoms. The number of ether oxygens (including phenoxy) is 2. The van der Waals surface area contributed by atoms with Crippen LogP contribution in [0.1, 0.15) is 6.92 Å². The third-order valence-electron chi connectivity index (χ3n) is 4.67. The highest BCUT2D eigenvalue weighted by atomic mass is 19.4. The lowest BCUT2D eigenvalue weighted by atomic mass is 9.86. The number of carbonyl (C=O) groups excluding carboxylic acids is 1. The highest BCUT2D eigenvalue weighted by Crippen LogP contribution is 2.66. The second-order valence-corrected chi connectivity index (χ2v) is 7.92. The Bertz CT molecular complexity index is 1100. The summed E-state index contributed by atoms with van der Waals surface area (Å²) in [5.41, 5.74) is -1.71. The van der Waals surface area contributed by atoms with E-state index in [9.17, 15) is 115 Å². The number of carbonyl (C=O) groups is 1. The van der Waals surface area contributed by atoms with E-state index in [4.69, 9.17) is 0 Å². The lowest BCUT2D eigenvalue weighted by Crippen LogP contribution is -2.78. The largest absolute Gasteiger partial charge is 0.483 e. The maximum absolute atomic E-state index is 14.6. The molecule has 0 radical (unpaired) electrons. The molecule has 0 saturated carbocycles. The molecular weight excluding hydrogens is 715 g/mol. The molecule has 0 aliphatic carbocycles. The van der Waals surface area contributed by atoms with Gasteiger partial charge in [-0.15, -0.1) is 0 Å². The minimum Gasteiger partial charge on any atom is -0.393 e. The Balaban J connectivity index is 7.77. The molecule has 0 N–H and O–H groups in total. The zero-order chi connectivity index (χ0) is 36.6. The molecule has 0 spiro atoms. The van der Waals surface area contributed by atoms with Gasteiger partial charge in [-0.3, -0.25) is 4.74 Å². The summed E-state index contributed by atoms with van der Waals surface area (Å²) in [5, 5.41) is 0. The summed E-state index contributed by atoms with van der Waals surface area (Å²) in [6, 6.07) is 0. The molecule has 0 aromatic carbocycles. The van der Waals surface area contributed by atoms with Crippen LogP contribution in [-0.4, -0.2) is 77.9 Å². The van der Waals surface area contributed by atoms with Gasteiger partial charge in [0, 0.05) is 5.57 Å². The molecule has 3 nitrogen and oxygen atoms in total. The zero-order valence-corrected chi connectivity index (χ0v) is 19.4. The summed E-state index contributed by atoms with van der Waals surface area (Å²) >= 11 is 0. The molecule has 1 unspecified atom stereocenters. The van der Waals surface area contributed by atoms with Crippen LogP contribution >= 0.6 is 0 Å². The number of esters is 1. The third-order valence-corrected chi connectivity index (χ3v) is 4.67. The quantitative estimate of drug-likeness (QED) is 0.115. The minimum absolute atomic E-state index is 0.0733. The molecule has 0 saturated heterocycles. The molecule has 0 rings (SSSR count). The second-order valence-electron chi connectivity index (χ2n) is 7.92. The summed E-state index contributed by atoms with van der Waals surface area (Å²) in [4.78, 5) is 11.0. The number of hydrogen-bond donors (Lipinski definition) is 0. The van der Waals surface area contributed by atoms with Gasteiger partial charge in [-0.2, -0.15) is 110 Å². The fraction of sp³-hybridized carbons (Fsp3) is 0.812. The first-order chi connectivity index (χ1) is 18.5. The lowest BCUT2D eigenvalue weighted by Gasteiger charge is -2.46. The van der Waals surface area contributed by atoms with Crippen molar-refractivity contribution in [3.63, 3.8) is 0 Å². The maximum Gasteiger partial charge on any atom is 0.483 e. The van der Waals surface area contributed by atoms with Crippen molar-refractivity contribution in [1.82, 2.24) is 0 Å². The van der Waals surface area contributed by atoms with Crippen LogP contribution in [0.25, 0.3) is 0 Å². The van der Waals surface area contributed by atoms with Gasteiger partial charge >= 0.3 is 77.9 Å². The molecule has 0 aromatic rings. The monoisotopic (exact) mass is 720 g/mol. The average molecular weight is 720 g/mol. The van der Waals surface area contributed by atoms with Gasteiger partial charge in [0.15, 0.2) is 0 Å². The van der Waals surface area contributed by atoms with Crippen LogP contribution in [0.2, 0.25) is 0 Å². The molecule has 0 aliphatic rings. The van der Waals surface area contributed by atoms with Gasteiger partial charge in [-0.05, 0) is 6.92 Å². The van der Waals surface area contributed by atoms with Crippen LogP contribution in [-0.2, 0) is 14.3 Å². The Morgan fingerprint density at radius 2 is 0.705 bits per heavy atom. The number of halogens is 25. The minimum atomic E-state index is -9.67. The summed E-state index contributed by atoms with van der Waals surface area (Å²) < 4.78 is 336. The van der Waals surface area contributed by atoms with E-state index < -0.39 is 83.4 Å². The van der Waals surface area contributed by atoms with Crippen LogP contribution in [0.5, 0.6) is 0 Å². The fourth-order valence-corrected chi connectivity index (χ4v) is 2.18. The first kappa shape index (κ1) is 41.4. The van der Waals surface area contributed by atoms with Gasteiger partial charge in [0.2, 0.25) is 0 Å². The van der Waals surface area contributed by atoms with Crippen molar-refractivity contribution in [2.75, 3.05) is 0 Å². The van der Waals surface area contributed by atoms with Crippen LogP contribution in [0, 0.1) is 0 Å². The molecule has 0 amide bonds. The van der Waals surface area contributed by atoms with Crippen LogP contribution in [0.4, 0.5) is 110 Å². The number of alkyl halides is 25. The van der Waals surface area contributed by atoms with E-state index >= 15 is 0 Å². The summed E-state index contributed by atoms with van der Waals surface area (Å²) in [6.45, 7) is 2.33. The van der Waals surface area contributed by atoms with Gasteiger partial charge in [0.05, 0.1) is 0 Å². The molecule has 1 atom stereocenters. The molecule has 0 aliphatic heterocycles. The Morgan fingerprint density at radius 3 is 0.955 bits per heavy atom. The van der Waals surface area contributed by atoms with E-state index in [1.807, 2.05) is 0 Å². The topological polar surface area (TPSA) is 35.5 Å². The van der Waals surface area contributed by atoms with Crippen LogP contribution in [0.3, 0.4) is 0 Å². The van der Waals surface area contributed by atoms with Crippen molar-refractivity contribution in [3.05, 3.63) is 12.2 Å². The van der Waals surface area contributed by atoms with Crippen molar-refractivity contribution in [3.8, 4) is 0 Å².